The molecule has 0 spiro atoms. The van der Waals surface area contributed by atoms with Crippen LogP contribution >= 0.6 is 11.8 Å². The van der Waals surface area contributed by atoms with Gasteiger partial charge in [0.05, 0.1) is 11.3 Å². The molecule has 0 aliphatic rings. The van der Waals surface area contributed by atoms with Gasteiger partial charge in [0.25, 0.3) is 0 Å². The minimum absolute atomic E-state index is 0.0419. The molecule has 0 aliphatic carbocycles. The highest BCUT2D eigenvalue weighted by atomic mass is 32.2. The van der Waals surface area contributed by atoms with Crippen LogP contribution in [0.2, 0.25) is 0 Å². The van der Waals surface area contributed by atoms with Crippen LogP contribution in [0.5, 0.6) is 0 Å². The van der Waals surface area contributed by atoms with Crippen LogP contribution in [0.1, 0.15) is 25.5 Å². The zero-order valence-electron chi connectivity index (χ0n) is 12.4. The molecule has 22 heavy (non-hydrogen) atoms. The molecule has 0 fully saturated rings. The summed E-state index contributed by atoms with van der Waals surface area (Å²) in [6.07, 6.45) is 0. The number of rotatable bonds is 5. The average Bonchev–Trinajstić information content (AvgIpc) is 2.46. The minimum Gasteiger partial charge on any atom is -0.368 e. The van der Waals surface area contributed by atoms with Gasteiger partial charge in [-0.2, -0.15) is 15.0 Å². The van der Waals surface area contributed by atoms with Crippen molar-refractivity contribution in [1.29, 1.82) is 0 Å². The minimum atomic E-state index is -0.382. The Bertz CT molecular complexity index is 631. The SMILES string of the molecule is CC(Sc1nc(N)nc(N)n1)C(=O)NC(C)c1ccccc1. The molecule has 7 nitrogen and oxygen atoms in total. The number of hydrogen-bond acceptors (Lipinski definition) is 7. The smallest absolute Gasteiger partial charge is 0.233 e. The molecular weight excluding hydrogens is 300 g/mol. The fraction of sp³-hybridized carbons (Fsp3) is 0.286. The number of thioether (sulfide) groups is 1. The van der Waals surface area contributed by atoms with Crippen LogP contribution in [0.4, 0.5) is 11.9 Å². The maximum Gasteiger partial charge on any atom is 0.233 e. The molecule has 0 aliphatic heterocycles. The van der Waals surface area contributed by atoms with Crippen molar-refractivity contribution in [3.8, 4) is 0 Å². The lowest BCUT2D eigenvalue weighted by atomic mass is 10.1. The summed E-state index contributed by atoms with van der Waals surface area (Å²) in [4.78, 5) is 23.8. The number of nitrogen functional groups attached to an aromatic ring is 2. The first-order valence-electron chi connectivity index (χ1n) is 6.74. The summed E-state index contributed by atoms with van der Waals surface area (Å²) in [5.74, 6) is -0.0283. The second kappa shape index (κ2) is 7.08. The molecule has 0 saturated carbocycles. The third kappa shape index (κ3) is 4.32. The van der Waals surface area contributed by atoms with E-state index < -0.39 is 0 Å². The largest absolute Gasteiger partial charge is 0.368 e. The van der Waals surface area contributed by atoms with Crippen LogP contribution in [0.25, 0.3) is 0 Å². The molecule has 116 valence electrons. The zero-order valence-corrected chi connectivity index (χ0v) is 13.2. The van der Waals surface area contributed by atoms with Crippen molar-refractivity contribution < 1.29 is 4.79 Å². The maximum absolute atomic E-state index is 12.2. The van der Waals surface area contributed by atoms with Gasteiger partial charge in [-0.25, -0.2) is 0 Å². The van der Waals surface area contributed by atoms with E-state index in [1.54, 1.807) is 6.92 Å². The Morgan fingerprint density at radius 1 is 1.09 bits per heavy atom. The Morgan fingerprint density at radius 2 is 1.68 bits per heavy atom. The van der Waals surface area contributed by atoms with E-state index in [-0.39, 0.29) is 29.1 Å². The van der Waals surface area contributed by atoms with Gasteiger partial charge in [0.1, 0.15) is 0 Å². The second-order valence-corrected chi connectivity index (χ2v) is 6.04. The molecule has 0 bridgehead atoms. The first-order valence-corrected chi connectivity index (χ1v) is 7.62. The lowest BCUT2D eigenvalue weighted by Crippen LogP contribution is -2.33. The highest BCUT2D eigenvalue weighted by Gasteiger charge is 2.19. The first-order chi connectivity index (χ1) is 10.5. The van der Waals surface area contributed by atoms with Crippen molar-refractivity contribution in [2.24, 2.45) is 0 Å². The second-order valence-electron chi connectivity index (χ2n) is 4.74. The molecule has 1 amide bonds. The van der Waals surface area contributed by atoms with Gasteiger partial charge in [-0.3, -0.25) is 4.79 Å². The van der Waals surface area contributed by atoms with E-state index >= 15 is 0 Å². The van der Waals surface area contributed by atoms with Crippen LogP contribution in [0.15, 0.2) is 35.5 Å². The van der Waals surface area contributed by atoms with E-state index in [4.69, 9.17) is 11.5 Å². The van der Waals surface area contributed by atoms with Crippen molar-refractivity contribution in [1.82, 2.24) is 20.3 Å². The van der Waals surface area contributed by atoms with E-state index in [2.05, 4.69) is 20.3 Å². The highest BCUT2D eigenvalue weighted by Crippen LogP contribution is 2.21. The Hall–Kier alpha value is -2.35. The summed E-state index contributed by atoms with van der Waals surface area (Å²) in [6.45, 7) is 3.71. The lowest BCUT2D eigenvalue weighted by Gasteiger charge is -2.17. The number of carbonyl (C=O) groups is 1. The number of nitrogens with zero attached hydrogens (tertiary/aromatic N) is 3. The summed E-state index contributed by atoms with van der Waals surface area (Å²) < 4.78 is 0. The molecule has 0 radical (unpaired) electrons. The van der Waals surface area contributed by atoms with Crippen molar-refractivity contribution >= 4 is 29.6 Å². The van der Waals surface area contributed by atoms with Gasteiger partial charge >= 0.3 is 0 Å². The molecule has 8 heteroatoms. The van der Waals surface area contributed by atoms with Gasteiger partial charge in [-0.15, -0.1) is 0 Å². The monoisotopic (exact) mass is 318 g/mol. The highest BCUT2D eigenvalue weighted by molar-refractivity contribution is 8.00. The van der Waals surface area contributed by atoms with Crippen LogP contribution in [0, 0.1) is 0 Å². The lowest BCUT2D eigenvalue weighted by molar-refractivity contribution is -0.120. The van der Waals surface area contributed by atoms with Gasteiger partial charge in [-0.05, 0) is 19.4 Å². The number of carbonyl (C=O) groups excluding carboxylic acids is 1. The Balaban J connectivity index is 1.97. The summed E-state index contributed by atoms with van der Waals surface area (Å²) in [5.41, 5.74) is 12.1. The average molecular weight is 318 g/mol. The first kappa shape index (κ1) is 16.0. The fourth-order valence-electron chi connectivity index (χ4n) is 1.81. The molecule has 1 heterocycles. The van der Waals surface area contributed by atoms with E-state index in [9.17, 15) is 4.79 Å². The van der Waals surface area contributed by atoms with E-state index in [1.165, 1.54) is 11.8 Å². The van der Waals surface area contributed by atoms with Crippen LogP contribution < -0.4 is 16.8 Å². The molecule has 5 N–H and O–H groups in total. The zero-order chi connectivity index (χ0) is 16.1. The van der Waals surface area contributed by atoms with E-state index in [0.717, 1.165) is 5.56 Å². The molecule has 2 aromatic rings. The summed E-state index contributed by atoms with van der Waals surface area (Å²) >= 11 is 1.18. The van der Waals surface area contributed by atoms with Crippen molar-refractivity contribution in [3.63, 3.8) is 0 Å². The molecule has 2 rings (SSSR count). The topological polar surface area (TPSA) is 120 Å². The number of amides is 1. The summed E-state index contributed by atoms with van der Waals surface area (Å²) in [7, 11) is 0. The van der Waals surface area contributed by atoms with Crippen LogP contribution in [-0.4, -0.2) is 26.1 Å². The summed E-state index contributed by atoms with van der Waals surface area (Å²) in [6, 6.07) is 9.67. The predicted octanol–water partition coefficient (Wildman–Crippen LogP) is 1.39. The third-order valence-corrected chi connectivity index (χ3v) is 3.92. The van der Waals surface area contributed by atoms with E-state index in [1.807, 2.05) is 37.3 Å². The molecule has 0 saturated heterocycles. The molecular formula is C14H18N6OS. The standard InChI is InChI=1S/C14H18N6OS/c1-8(10-6-4-3-5-7-10)17-11(21)9(2)22-14-19-12(15)18-13(16)20-14/h3-9H,1-2H3,(H,17,21)(H4,15,16,18,19,20). The predicted molar refractivity (Wildman–Crippen MR) is 87.0 cm³/mol. The van der Waals surface area contributed by atoms with Crippen molar-refractivity contribution in [2.75, 3.05) is 11.5 Å². The Morgan fingerprint density at radius 3 is 2.27 bits per heavy atom. The van der Waals surface area contributed by atoms with Crippen molar-refractivity contribution in [2.45, 2.75) is 30.3 Å². The van der Waals surface area contributed by atoms with Gasteiger partial charge in [0.15, 0.2) is 5.16 Å². The molecule has 1 aromatic carbocycles. The normalized spacial score (nSPS) is 13.4. The number of benzene rings is 1. The van der Waals surface area contributed by atoms with Crippen molar-refractivity contribution in [3.05, 3.63) is 35.9 Å². The van der Waals surface area contributed by atoms with Crippen LogP contribution in [-0.2, 0) is 4.79 Å². The Labute approximate surface area is 132 Å². The van der Waals surface area contributed by atoms with E-state index in [0.29, 0.717) is 5.16 Å². The number of nitrogens with one attached hydrogen (secondary N) is 1. The summed E-state index contributed by atoms with van der Waals surface area (Å²) in [5, 5.41) is 2.90. The van der Waals surface area contributed by atoms with Crippen LogP contribution in [0.3, 0.4) is 0 Å². The number of nitrogens with two attached hydrogens (primary N) is 2. The molecule has 2 atom stereocenters. The van der Waals surface area contributed by atoms with Gasteiger partial charge in [0.2, 0.25) is 17.8 Å². The number of anilines is 2. The Kier molecular flexibility index (Phi) is 5.16. The van der Waals surface area contributed by atoms with Gasteiger partial charge < -0.3 is 16.8 Å². The van der Waals surface area contributed by atoms with Gasteiger partial charge in [0, 0.05) is 0 Å². The number of aromatic nitrogens is 3. The van der Waals surface area contributed by atoms with Gasteiger partial charge in [-0.1, -0.05) is 42.1 Å². The molecule has 1 aromatic heterocycles. The third-order valence-electron chi connectivity index (χ3n) is 2.96. The maximum atomic E-state index is 12.2. The fourth-order valence-corrected chi connectivity index (χ4v) is 2.59. The molecule has 2 unspecified atom stereocenters. The quantitative estimate of drug-likeness (QED) is 0.712. The number of hydrogen-bond donors (Lipinski definition) is 3.